The van der Waals surface area contributed by atoms with Crippen molar-refractivity contribution < 1.29 is 4.39 Å². The molecule has 0 saturated heterocycles. The molecule has 0 aromatic carbocycles. The van der Waals surface area contributed by atoms with Crippen LogP contribution in [0.4, 0.5) is 4.39 Å². The van der Waals surface area contributed by atoms with Gasteiger partial charge in [0.1, 0.15) is 0 Å². The molecule has 0 bridgehead atoms. The zero-order valence-corrected chi connectivity index (χ0v) is 12.6. The molecule has 0 nitrogen and oxygen atoms in total. The van der Waals surface area contributed by atoms with Crippen molar-refractivity contribution in [2.45, 2.75) is 71.1 Å². The molecular formula is C18H31F. The summed E-state index contributed by atoms with van der Waals surface area (Å²) in [4.78, 5) is 0. The SMILES string of the molecule is C/C=C/C1CCC(C2CCC(CCCF)CC2)CC1. The summed E-state index contributed by atoms with van der Waals surface area (Å²) in [5, 5.41) is 0. The van der Waals surface area contributed by atoms with Crippen LogP contribution in [-0.4, -0.2) is 6.67 Å². The van der Waals surface area contributed by atoms with Gasteiger partial charge in [-0.05, 0) is 82.0 Å². The second kappa shape index (κ2) is 8.07. The van der Waals surface area contributed by atoms with Crippen molar-refractivity contribution in [1.82, 2.24) is 0 Å². The van der Waals surface area contributed by atoms with Crippen LogP contribution >= 0.6 is 0 Å². The fraction of sp³-hybridized carbons (Fsp3) is 0.889. The molecule has 0 aromatic heterocycles. The predicted octanol–water partition coefficient (Wildman–Crippen LogP) is 5.93. The maximum atomic E-state index is 12.2. The van der Waals surface area contributed by atoms with Crippen LogP contribution in [0.15, 0.2) is 12.2 Å². The summed E-state index contributed by atoms with van der Waals surface area (Å²) in [5.74, 6) is 3.70. The van der Waals surface area contributed by atoms with Crippen LogP contribution < -0.4 is 0 Å². The van der Waals surface area contributed by atoms with Crippen molar-refractivity contribution >= 4 is 0 Å². The Morgan fingerprint density at radius 3 is 2.00 bits per heavy atom. The third-order valence-electron chi connectivity index (χ3n) is 5.59. The van der Waals surface area contributed by atoms with E-state index in [1.165, 1.54) is 51.4 Å². The predicted molar refractivity (Wildman–Crippen MR) is 80.9 cm³/mol. The monoisotopic (exact) mass is 266 g/mol. The van der Waals surface area contributed by atoms with Gasteiger partial charge in [0.25, 0.3) is 0 Å². The molecular weight excluding hydrogens is 235 g/mol. The van der Waals surface area contributed by atoms with E-state index in [9.17, 15) is 4.39 Å². The molecule has 19 heavy (non-hydrogen) atoms. The molecule has 0 unspecified atom stereocenters. The van der Waals surface area contributed by atoms with Gasteiger partial charge in [-0.25, -0.2) is 0 Å². The first-order valence-electron chi connectivity index (χ1n) is 8.52. The van der Waals surface area contributed by atoms with E-state index < -0.39 is 0 Å². The summed E-state index contributed by atoms with van der Waals surface area (Å²) in [6.07, 6.45) is 17.9. The summed E-state index contributed by atoms with van der Waals surface area (Å²) in [6.45, 7) is 2.03. The lowest BCUT2D eigenvalue weighted by Gasteiger charge is -2.37. The first kappa shape index (κ1) is 15.1. The number of hydrogen-bond acceptors (Lipinski definition) is 0. The average Bonchev–Trinajstić information content (AvgIpc) is 2.47. The Labute approximate surface area is 118 Å². The molecule has 2 rings (SSSR count). The molecule has 110 valence electrons. The molecule has 0 N–H and O–H groups in total. The molecule has 0 spiro atoms. The van der Waals surface area contributed by atoms with Gasteiger partial charge in [-0.2, -0.15) is 0 Å². The van der Waals surface area contributed by atoms with Crippen LogP contribution in [0, 0.1) is 23.7 Å². The minimum Gasteiger partial charge on any atom is -0.251 e. The maximum Gasteiger partial charge on any atom is 0.0894 e. The van der Waals surface area contributed by atoms with Gasteiger partial charge in [-0.3, -0.25) is 4.39 Å². The van der Waals surface area contributed by atoms with Gasteiger partial charge in [0.05, 0.1) is 6.67 Å². The summed E-state index contributed by atoms with van der Waals surface area (Å²) in [6, 6.07) is 0. The number of hydrogen-bond donors (Lipinski definition) is 0. The molecule has 0 radical (unpaired) electrons. The Bertz CT molecular complexity index is 255. The third kappa shape index (κ3) is 4.61. The van der Waals surface area contributed by atoms with Crippen LogP contribution in [0.3, 0.4) is 0 Å². The highest BCUT2D eigenvalue weighted by molar-refractivity contribution is 4.90. The van der Waals surface area contributed by atoms with E-state index in [1.54, 1.807) is 0 Å². The molecule has 0 aliphatic heterocycles. The van der Waals surface area contributed by atoms with Gasteiger partial charge < -0.3 is 0 Å². The summed E-state index contributed by atoms with van der Waals surface area (Å²) in [7, 11) is 0. The van der Waals surface area contributed by atoms with Crippen molar-refractivity contribution in [3.63, 3.8) is 0 Å². The molecule has 2 fully saturated rings. The largest absolute Gasteiger partial charge is 0.251 e. The Kier molecular flexibility index (Phi) is 6.40. The first-order valence-corrected chi connectivity index (χ1v) is 8.52. The summed E-state index contributed by atoms with van der Waals surface area (Å²) < 4.78 is 12.2. The Balaban J connectivity index is 1.68. The van der Waals surface area contributed by atoms with Crippen molar-refractivity contribution in [3.8, 4) is 0 Å². The third-order valence-corrected chi connectivity index (χ3v) is 5.59. The van der Waals surface area contributed by atoms with Crippen molar-refractivity contribution in [1.29, 1.82) is 0 Å². The lowest BCUT2D eigenvalue weighted by atomic mass is 9.69. The van der Waals surface area contributed by atoms with Gasteiger partial charge in [0.2, 0.25) is 0 Å². The van der Waals surface area contributed by atoms with Crippen LogP contribution in [0.5, 0.6) is 0 Å². The van der Waals surface area contributed by atoms with Crippen molar-refractivity contribution in [3.05, 3.63) is 12.2 Å². The Hall–Kier alpha value is -0.330. The molecule has 2 aliphatic rings. The van der Waals surface area contributed by atoms with Crippen LogP contribution in [0.25, 0.3) is 0 Å². The molecule has 0 amide bonds. The number of alkyl halides is 1. The lowest BCUT2D eigenvalue weighted by molar-refractivity contribution is 0.151. The number of halogens is 1. The van der Waals surface area contributed by atoms with Crippen LogP contribution in [-0.2, 0) is 0 Å². The van der Waals surface area contributed by atoms with Crippen molar-refractivity contribution in [2.24, 2.45) is 23.7 Å². The van der Waals surface area contributed by atoms with Crippen molar-refractivity contribution in [2.75, 3.05) is 6.67 Å². The fourth-order valence-corrected chi connectivity index (χ4v) is 4.40. The van der Waals surface area contributed by atoms with E-state index in [1.807, 2.05) is 0 Å². The van der Waals surface area contributed by atoms with E-state index in [0.29, 0.717) is 0 Å². The number of rotatable bonds is 5. The van der Waals surface area contributed by atoms with Gasteiger partial charge >= 0.3 is 0 Å². The quantitative estimate of drug-likeness (QED) is 0.541. The van der Waals surface area contributed by atoms with Gasteiger partial charge in [-0.15, -0.1) is 0 Å². The Morgan fingerprint density at radius 1 is 0.895 bits per heavy atom. The highest BCUT2D eigenvalue weighted by Crippen LogP contribution is 2.42. The second-order valence-corrected chi connectivity index (χ2v) is 6.81. The molecule has 0 aromatic rings. The minimum atomic E-state index is -0.116. The van der Waals surface area contributed by atoms with Gasteiger partial charge in [0, 0.05) is 0 Å². The topological polar surface area (TPSA) is 0 Å². The Morgan fingerprint density at radius 2 is 1.47 bits per heavy atom. The average molecular weight is 266 g/mol. The van der Waals surface area contributed by atoms with Gasteiger partial charge in [-0.1, -0.05) is 25.0 Å². The smallest absolute Gasteiger partial charge is 0.0894 e. The fourth-order valence-electron chi connectivity index (χ4n) is 4.40. The zero-order valence-electron chi connectivity index (χ0n) is 12.6. The zero-order chi connectivity index (χ0) is 13.5. The van der Waals surface area contributed by atoms with E-state index in [2.05, 4.69) is 19.1 Å². The minimum absolute atomic E-state index is 0.116. The standard InChI is InChI=1S/C18H31F/c1-2-4-15-6-10-17(11-7-15)18-12-8-16(9-13-18)5-3-14-19/h2,4,15-18H,3,5-14H2,1H3/b4-2+. The molecule has 2 saturated carbocycles. The molecule has 0 heterocycles. The lowest BCUT2D eigenvalue weighted by Crippen LogP contribution is -2.25. The van der Waals surface area contributed by atoms with Crippen LogP contribution in [0.2, 0.25) is 0 Å². The van der Waals surface area contributed by atoms with Crippen LogP contribution in [0.1, 0.15) is 71.1 Å². The molecule has 2 aliphatic carbocycles. The molecule has 0 atom stereocenters. The summed E-state index contributed by atoms with van der Waals surface area (Å²) in [5.41, 5.74) is 0. The normalized spacial score (nSPS) is 36.7. The van der Waals surface area contributed by atoms with E-state index >= 15 is 0 Å². The highest BCUT2D eigenvalue weighted by Gasteiger charge is 2.29. The highest BCUT2D eigenvalue weighted by atomic mass is 19.1. The summed E-state index contributed by atoms with van der Waals surface area (Å²) >= 11 is 0. The van der Waals surface area contributed by atoms with E-state index in [0.717, 1.165) is 36.5 Å². The molecule has 1 heteroatoms. The van der Waals surface area contributed by atoms with Gasteiger partial charge in [0.15, 0.2) is 0 Å². The second-order valence-electron chi connectivity index (χ2n) is 6.81. The number of allylic oxidation sites excluding steroid dienone is 2. The first-order chi connectivity index (χ1) is 9.33. The van der Waals surface area contributed by atoms with E-state index in [-0.39, 0.29) is 6.67 Å². The maximum absolute atomic E-state index is 12.2. The van der Waals surface area contributed by atoms with E-state index in [4.69, 9.17) is 0 Å².